The van der Waals surface area contributed by atoms with E-state index in [2.05, 4.69) is 45.3 Å². The van der Waals surface area contributed by atoms with Crippen molar-refractivity contribution < 1.29 is 4.74 Å². The standard InChI is InChI=1S/C17H24N4O/c1-19-11-14(10-18-19)12-21-8-9-22-17-15(4-5-16(17)21)13-20-6-2-3-7-20/h2-3,6-7,10-11,15-17H,4-5,8-9,12-13H2,1H3/t15-,16-,17+/m0/s1. The second-order valence-corrected chi connectivity index (χ2v) is 6.61. The van der Waals surface area contributed by atoms with Crippen LogP contribution < -0.4 is 0 Å². The van der Waals surface area contributed by atoms with Crippen LogP contribution in [0.2, 0.25) is 0 Å². The number of hydrogen-bond acceptors (Lipinski definition) is 3. The molecule has 2 aliphatic rings. The van der Waals surface area contributed by atoms with Gasteiger partial charge in [0.1, 0.15) is 0 Å². The summed E-state index contributed by atoms with van der Waals surface area (Å²) in [7, 11) is 1.98. The Kier molecular flexibility index (Phi) is 3.76. The Morgan fingerprint density at radius 2 is 2.14 bits per heavy atom. The van der Waals surface area contributed by atoms with Crippen LogP contribution in [-0.4, -0.2) is 44.5 Å². The molecule has 0 amide bonds. The first-order valence-electron chi connectivity index (χ1n) is 8.23. The van der Waals surface area contributed by atoms with Gasteiger partial charge >= 0.3 is 0 Å². The average Bonchev–Trinajstić information content (AvgIpc) is 3.23. The molecule has 0 N–H and O–H groups in total. The van der Waals surface area contributed by atoms with Crippen LogP contribution in [0.5, 0.6) is 0 Å². The molecule has 118 valence electrons. The van der Waals surface area contributed by atoms with E-state index >= 15 is 0 Å². The van der Waals surface area contributed by atoms with Gasteiger partial charge in [-0.3, -0.25) is 9.58 Å². The normalized spacial score (nSPS) is 28.9. The third-order valence-electron chi connectivity index (χ3n) is 5.09. The fourth-order valence-corrected chi connectivity index (χ4v) is 4.08. The Balaban J connectivity index is 1.44. The van der Waals surface area contributed by atoms with Crippen LogP contribution in [0.1, 0.15) is 18.4 Å². The molecule has 1 saturated carbocycles. The zero-order chi connectivity index (χ0) is 14.9. The molecule has 5 nitrogen and oxygen atoms in total. The Morgan fingerprint density at radius 3 is 2.91 bits per heavy atom. The summed E-state index contributed by atoms with van der Waals surface area (Å²) in [6.07, 6.45) is 11.3. The first-order valence-corrected chi connectivity index (χ1v) is 8.23. The van der Waals surface area contributed by atoms with Crippen molar-refractivity contribution in [1.29, 1.82) is 0 Å². The SMILES string of the molecule is Cn1cc(CN2CCO[C@@H]3[C@H](Cn4cccc4)CC[C@@H]32)cn1. The molecule has 0 aromatic carbocycles. The summed E-state index contributed by atoms with van der Waals surface area (Å²) >= 11 is 0. The van der Waals surface area contributed by atoms with Crippen molar-refractivity contribution in [3.63, 3.8) is 0 Å². The van der Waals surface area contributed by atoms with E-state index in [9.17, 15) is 0 Å². The van der Waals surface area contributed by atoms with Crippen LogP contribution >= 0.6 is 0 Å². The maximum Gasteiger partial charge on any atom is 0.0776 e. The third kappa shape index (κ3) is 2.71. The number of hydrogen-bond donors (Lipinski definition) is 0. The highest BCUT2D eigenvalue weighted by Crippen LogP contribution is 2.36. The fourth-order valence-electron chi connectivity index (χ4n) is 4.08. The first-order chi connectivity index (χ1) is 10.8. The van der Waals surface area contributed by atoms with E-state index in [1.54, 1.807) is 0 Å². The minimum Gasteiger partial charge on any atom is -0.375 e. The van der Waals surface area contributed by atoms with Crippen LogP contribution in [-0.2, 0) is 24.9 Å². The second kappa shape index (κ2) is 5.89. The lowest BCUT2D eigenvalue weighted by Gasteiger charge is -2.39. The maximum atomic E-state index is 6.16. The van der Waals surface area contributed by atoms with Gasteiger partial charge in [-0.25, -0.2) is 0 Å². The number of aromatic nitrogens is 3. The molecule has 0 unspecified atom stereocenters. The molecule has 5 heteroatoms. The highest BCUT2D eigenvalue weighted by Gasteiger charge is 2.42. The van der Waals surface area contributed by atoms with Crippen LogP contribution in [0.3, 0.4) is 0 Å². The molecule has 2 aromatic rings. The average molecular weight is 300 g/mol. The number of morpholine rings is 1. The van der Waals surface area contributed by atoms with Crippen molar-refractivity contribution in [2.45, 2.75) is 38.1 Å². The summed E-state index contributed by atoms with van der Waals surface area (Å²) in [6, 6.07) is 4.76. The van der Waals surface area contributed by atoms with Crippen molar-refractivity contribution in [1.82, 2.24) is 19.2 Å². The number of fused-ring (bicyclic) bond motifs is 1. The molecule has 0 spiro atoms. The Hall–Kier alpha value is -1.59. The lowest BCUT2D eigenvalue weighted by Crippen LogP contribution is -2.50. The summed E-state index contributed by atoms with van der Waals surface area (Å²) in [5.74, 6) is 0.633. The Morgan fingerprint density at radius 1 is 1.27 bits per heavy atom. The lowest BCUT2D eigenvalue weighted by molar-refractivity contribution is -0.0785. The largest absolute Gasteiger partial charge is 0.375 e. The molecular formula is C17H24N4O. The number of nitrogens with zero attached hydrogens (tertiary/aromatic N) is 4. The predicted molar refractivity (Wildman–Crippen MR) is 84.3 cm³/mol. The number of aryl methyl sites for hydroxylation is 1. The smallest absolute Gasteiger partial charge is 0.0776 e. The van der Waals surface area contributed by atoms with Crippen LogP contribution in [0, 0.1) is 5.92 Å². The van der Waals surface area contributed by atoms with Crippen LogP contribution in [0.15, 0.2) is 36.9 Å². The highest BCUT2D eigenvalue weighted by atomic mass is 16.5. The van der Waals surface area contributed by atoms with Gasteiger partial charge < -0.3 is 9.30 Å². The van der Waals surface area contributed by atoms with E-state index in [4.69, 9.17) is 4.74 Å². The summed E-state index contributed by atoms with van der Waals surface area (Å²) in [5.41, 5.74) is 1.30. The maximum absolute atomic E-state index is 6.16. The summed E-state index contributed by atoms with van der Waals surface area (Å²) < 4.78 is 10.3. The van der Waals surface area contributed by atoms with E-state index in [0.29, 0.717) is 18.1 Å². The van der Waals surface area contributed by atoms with Gasteiger partial charge in [0.05, 0.1) is 18.9 Å². The van der Waals surface area contributed by atoms with Gasteiger partial charge in [0.15, 0.2) is 0 Å². The zero-order valence-corrected chi connectivity index (χ0v) is 13.1. The fraction of sp³-hybridized carbons (Fsp3) is 0.588. The minimum absolute atomic E-state index is 0.382. The van der Waals surface area contributed by atoms with Crippen molar-refractivity contribution in [3.05, 3.63) is 42.5 Å². The quantitative estimate of drug-likeness (QED) is 0.865. The molecule has 2 fully saturated rings. The minimum atomic E-state index is 0.382. The molecule has 2 aromatic heterocycles. The van der Waals surface area contributed by atoms with Gasteiger partial charge in [-0.1, -0.05) is 0 Å². The lowest BCUT2D eigenvalue weighted by atomic mass is 10.0. The van der Waals surface area contributed by atoms with E-state index < -0.39 is 0 Å². The summed E-state index contributed by atoms with van der Waals surface area (Å²) in [5, 5.41) is 4.29. The highest BCUT2D eigenvalue weighted by molar-refractivity contribution is 5.06. The molecule has 4 rings (SSSR count). The van der Waals surface area contributed by atoms with E-state index in [0.717, 1.165) is 26.2 Å². The van der Waals surface area contributed by atoms with E-state index in [1.165, 1.54) is 18.4 Å². The van der Waals surface area contributed by atoms with Gasteiger partial charge in [0.2, 0.25) is 0 Å². The third-order valence-corrected chi connectivity index (χ3v) is 5.09. The topological polar surface area (TPSA) is 35.2 Å². The van der Waals surface area contributed by atoms with Crippen molar-refractivity contribution in [3.8, 4) is 0 Å². The van der Waals surface area contributed by atoms with Gasteiger partial charge in [0.25, 0.3) is 0 Å². The summed E-state index contributed by atoms with van der Waals surface area (Å²) in [4.78, 5) is 2.60. The molecule has 1 aliphatic carbocycles. The zero-order valence-electron chi connectivity index (χ0n) is 13.1. The van der Waals surface area contributed by atoms with Crippen LogP contribution in [0.4, 0.5) is 0 Å². The molecule has 1 aliphatic heterocycles. The Bertz CT molecular complexity index is 606. The molecule has 3 atom stereocenters. The molecule has 0 bridgehead atoms. The number of ether oxygens (including phenoxy) is 1. The van der Waals surface area contributed by atoms with Gasteiger partial charge in [-0.2, -0.15) is 5.10 Å². The van der Waals surface area contributed by atoms with Gasteiger partial charge in [-0.05, 0) is 25.0 Å². The summed E-state index contributed by atoms with van der Waals surface area (Å²) in [6.45, 7) is 3.96. The van der Waals surface area contributed by atoms with E-state index in [-0.39, 0.29) is 0 Å². The van der Waals surface area contributed by atoms with Gasteiger partial charge in [-0.15, -0.1) is 0 Å². The molecule has 3 heterocycles. The second-order valence-electron chi connectivity index (χ2n) is 6.61. The predicted octanol–water partition coefficient (Wildman–Crippen LogP) is 1.90. The molecule has 22 heavy (non-hydrogen) atoms. The molecule has 1 saturated heterocycles. The Labute approximate surface area is 131 Å². The van der Waals surface area contributed by atoms with E-state index in [1.807, 2.05) is 17.9 Å². The van der Waals surface area contributed by atoms with Crippen molar-refractivity contribution in [2.75, 3.05) is 13.2 Å². The van der Waals surface area contributed by atoms with Crippen molar-refractivity contribution >= 4 is 0 Å². The van der Waals surface area contributed by atoms with Crippen molar-refractivity contribution in [2.24, 2.45) is 13.0 Å². The van der Waals surface area contributed by atoms with Crippen LogP contribution in [0.25, 0.3) is 0 Å². The molecule has 0 radical (unpaired) electrons. The monoisotopic (exact) mass is 300 g/mol. The first kappa shape index (κ1) is 14.0. The number of rotatable bonds is 4. The van der Waals surface area contributed by atoms with Gasteiger partial charge in [0, 0.05) is 62.8 Å². The molecular weight excluding hydrogens is 276 g/mol.